The van der Waals surface area contributed by atoms with Crippen LogP contribution < -0.4 is 44.7 Å². The molecule has 0 saturated carbocycles. The maximum atomic E-state index is 9.62. The Bertz CT molecular complexity index is 4630. The molecule has 12 rings (SSSR count). The van der Waals surface area contributed by atoms with Gasteiger partial charge in [-0.15, -0.1) is 44.1 Å². The van der Waals surface area contributed by atoms with E-state index >= 15 is 0 Å². The number of benzene rings is 2. The minimum absolute atomic E-state index is 0. The standard InChI is InChI=1S/C48H52N4O2.C34H40N4O2.2ClH.2Co/c1-7-37-31(3)41-25-42-33(5)39(21-15-23-53-29-35-17-11-9-12-18-35)47(51-42)28-48-40(22-16-24-54-30-36-19-13-10-14-20-36)34(6)44(52-48)27-46-38(8-2)32(4)43(50-46)26-45(37)49-41;1-7-23-19(3)27-15-28-21(5)25(11-9-13-39)33(37-28)18-34-26(12-10-14-40)22(6)30(38-34)17-32-24(8-2)20(4)29(36-32)16-31(23)35-27;;;;/h9-14,17-20,25-28H,7-8,15-16,21-24,29-30H2,1-6H3;15-18,39-40H,7-14H2,1-6H3;2*1H;;/q2*-2;;;2*+2/p-2. The van der Waals surface area contributed by atoms with E-state index in [1.165, 1.54) is 77.9 Å². The van der Waals surface area contributed by atoms with Crippen molar-refractivity contribution in [1.29, 1.82) is 0 Å². The second-order valence-corrected chi connectivity index (χ2v) is 25.4. The molecule has 4 aliphatic heterocycles. The normalized spacial score (nSPS) is 12.7. The number of allylic oxidation sites excluding steroid dienone is 8. The van der Waals surface area contributed by atoms with E-state index in [1.54, 1.807) is 0 Å². The predicted octanol–water partition coefficient (Wildman–Crippen LogP) is 11.9. The summed E-state index contributed by atoms with van der Waals surface area (Å²) < 4.78 is 12.2. The number of halogens is 2. The molecule has 518 valence electrons. The van der Waals surface area contributed by atoms with Gasteiger partial charge in [0.1, 0.15) is 0 Å². The van der Waals surface area contributed by atoms with Crippen LogP contribution in [-0.2, 0) is 81.9 Å². The first-order valence-corrected chi connectivity index (χ1v) is 34.2. The van der Waals surface area contributed by atoms with E-state index in [0.717, 1.165) is 176 Å². The van der Waals surface area contributed by atoms with Gasteiger partial charge in [0, 0.05) is 26.4 Å². The third kappa shape index (κ3) is 17.1. The minimum atomic E-state index is 0. The maximum Gasteiger partial charge on any atom is 2.00 e. The molecule has 2 radical (unpaired) electrons. The molecule has 98 heavy (non-hydrogen) atoms. The van der Waals surface area contributed by atoms with Gasteiger partial charge in [0.15, 0.2) is 0 Å². The number of nitrogens with zero attached hydrogens (tertiary/aromatic N) is 8. The number of fused-ring (bicyclic) bond motifs is 16. The summed E-state index contributed by atoms with van der Waals surface area (Å²) in [6.45, 7) is 28.9. The van der Waals surface area contributed by atoms with Gasteiger partial charge in [-0.2, -0.15) is 0 Å². The first-order valence-electron chi connectivity index (χ1n) is 34.2. The van der Waals surface area contributed by atoms with Crippen LogP contribution in [0.15, 0.2) is 109 Å². The molecule has 12 nitrogen and oxygen atoms in total. The van der Waals surface area contributed by atoms with Gasteiger partial charge < -0.3 is 64.4 Å². The van der Waals surface area contributed by atoms with Gasteiger partial charge in [-0.05, 0) is 188 Å². The Morgan fingerprint density at radius 1 is 0.327 bits per heavy atom. The molecule has 0 atom stereocenters. The summed E-state index contributed by atoms with van der Waals surface area (Å²) in [4.78, 5) is 41.5. The molecule has 4 aliphatic rings. The van der Waals surface area contributed by atoms with Crippen molar-refractivity contribution in [2.24, 2.45) is 0 Å². The fraction of sp³-hybridized carbons (Fsp3) is 0.366. The summed E-state index contributed by atoms with van der Waals surface area (Å²) in [7, 11) is 0. The van der Waals surface area contributed by atoms with Gasteiger partial charge >= 0.3 is 33.6 Å². The molecule has 0 saturated heterocycles. The fourth-order valence-electron chi connectivity index (χ4n) is 13.9. The average Bonchev–Trinajstić information content (AvgIpc) is 1.63. The number of ether oxygens (including phenoxy) is 2. The smallest absolute Gasteiger partial charge is 1.00 e. The van der Waals surface area contributed by atoms with Gasteiger partial charge in [0.25, 0.3) is 0 Å². The Kier molecular flexibility index (Phi) is 28.7. The number of hydrogen-bond acceptors (Lipinski definition) is 8. The molecule has 0 fully saturated rings. The molecule has 0 amide bonds. The van der Waals surface area contributed by atoms with Crippen LogP contribution in [0, 0.1) is 27.7 Å². The molecule has 2 N–H and O–H groups in total. The maximum absolute atomic E-state index is 9.62. The van der Waals surface area contributed by atoms with Crippen molar-refractivity contribution in [3.05, 3.63) is 210 Å². The molecule has 16 heteroatoms. The summed E-state index contributed by atoms with van der Waals surface area (Å²) in [6.07, 6.45) is 9.92. The van der Waals surface area contributed by atoms with E-state index in [0.29, 0.717) is 39.3 Å². The number of rotatable bonds is 22. The summed E-state index contributed by atoms with van der Waals surface area (Å²) in [6, 6.07) is 38.0. The molecule has 0 unspecified atom stereocenters. The van der Waals surface area contributed by atoms with Gasteiger partial charge in [-0.25, -0.2) is 19.9 Å². The summed E-state index contributed by atoms with van der Waals surface area (Å²) >= 11 is 0. The Labute approximate surface area is 612 Å². The van der Waals surface area contributed by atoms with E-state index in [2.05, 4.69) is 180 Å². The predicted molar refractivity (Wildman–Crippen MR) is 388 cm³/mol. The Hall–Kier alpha value is -6.93. The van der Waals surface area contributed by atoms with Crippen LogP contribution in [0.4, 0.5) is 0 Å². The van der Waals surface area contributed by atoms with Gasteiger partial charge in [0.2, 0.25) is 0 Å². The first-order chi connectivity index (χ1) is 45.6. The molecule has 2 aromatic carbocycles. The monoisotopic (exact) mass is 1440 g/mol. The second kappa shape index (κ2) is 35.9. The number of hydrogen-bond donors (Lipinski definition) is 2. The second-order valence-electron chi connectivity index (χ2n) is 25.4. The van der Waals surface area contributed by atoms with Crippen LogP contribution in [-0.4, -0.2) is 56.6 Å². The molecular formula is C82H92Cl2Co2N8O4-2. The molecular weight excluding hydrogens is 1350 g/mol. The summed E-state index contributed by atoms with van der Waals surface area (Å²) in [5, 5.41) is 19.2. The molecule has 10 heterocycles. The Balaban J connectivity index is 0.000000276. The quantitative estimate of drug-likeness (QED) is 0.0618. The summed E-state index contributed by atoms with van der Waals surface area (Å²) in [5.41, 5.74) is 36.8. The molecule has 0 spiro atoms. The molecule has 16 bridgehead atoms. The van der Waals surface area contributed by atoms with Crippen molar-refractivity contribution in [1.82, 2.24) is 39.9 Å². The van der Waals surface area contributed by atoms with E-state index in [1.807, 2.05) is 12.1 Å². The van der Waals surface area contributed by atoms with Gasteiger partial charge in [-0.3, -0.25) is 0 Å². The third-order valence-electron chi connectivity index (χ3n) is 19.5. The number of aliphatic hydroxyl groups is 2. The minimum Gasteiger partial charge on any atom is -1.00 e. The van der Waals surface area contributed by atoms with Crippen LogP contribution in [0.25, 0.3) is 88.7 Å². The SMILES string of the molecule is CCC1=C(C)c2cc3[n-]c(cc4nc(cc5[n-]c(cc1n2)c(C)c5CCCO)C(CCCO)=C4C)c(C)c3CC.CCC1=C(C)c2cc3[n-]c(cc4nc(cc5[n-]c(cc1n2)c(C)c5CCCOCc1ccccc1)C(CCCOCc1ccccc1)=C4C)c(C)c3CC.[Cl-].[Cl-].[Co+2].[Co+2]. The van der Waals surface area contributed by atoms with E-state index in [9.17, 15) is 10.2 Å². The van der Waals surface area contributed by atoms with E-state index < -0.39 is 0 Å². The summed E-state index contributed by atoms with van der Waals surface area (Å²) in [5.74, 6) is 0. The first kappa shape index (κ1) is 78.4. The zero-order chi connectivity index (χ0) is 66.2. The van der Waals surface area contributed by atoms with Crippen molar-refractivity contribution in [2.45, 2.75) is 173 Å². The van der Waals surface area contributed by atoms with Crippen LogP contribution in [0.5, 0.6) is 0 Å². The molecule has 6 aromatic heterocycles. The van der Waals surface area contributed by atoms with Crippen LogP contribution in [0.1, 0.15) is 208 Å². The van der Waals surface area contributed by atoms with Gasteiger partial charge in [-0.1, -0.05) is 181 Å². The number of aliphatic hydroxyl groups excluding tert-OH is 2. The van der Waals surface area contributed by atoms with E-state index in [4.69, 9.17) is 49.3 Å². The van der Waals surface area contributed by atoms with Crippen molar-refractivity contribution in [2.75, 3.05) is 26.4 Å². The third-order valence-corrected chi connectivity index (χ3v) is 19.5. The average molecular weight is 1440 g/mol. The van der Waals surface area contributed by atoms with Crippen LogP contribution >= 0.6 is 0 Å². The Morgan fingerprint density at radius 2 is 0.602 bits per heavy atom. The number of aryl methyl sites for hydroxylation is 8. The van der Waals surface area contributed by atoms with Crippen molar-refractivity contribution < 1.29 is 78.1 Å². The van der Waals surface area contributed by atoms with Crippen molar-refractivity contribution in [3.63, 3.8) is 0 Å². The van der Waals surface area contributed by atoms with Crippen LogP contribution in [0.2, 0.25) is 0 Å². The molecule has 0 aliphatic carbocycles. The molecule has 8 aromatic rings. The number of aromatic nitrogens is 8. The van der Waals surface area contributed by atoms with Crippen molar-refractivity contribution in [3.8, 4) is 0 Å². The van der Waals surface area contributed by atoms with Crippen LogP contribution in [0.3, 0.4) is 0 Å². The zero-order valence-corrected chi connectivity index (χ0v) is 62.4. The Morgan fingerprint density at radius 3 is 0.959 bits per heavy atom. The largest absolute Gasteiger partial charge is 2.00 e. The topological polar surface area (TPSA) is 167 Å². The van der Waals surface area contributed by atoms with Crippen molar-refractivity contribution >= 4 is 88.7 Å². The van der Waals surface area contributed by atoms with Gasteiger partial charge in [0.05, 0.1) is 58.8 Å². The fourth-order valence-corrected chi connectivity index (χ4v) is 13.9. The van der Waals surface area contributed by atoms with E-state index in [-0.39, 0.29) is 71.6 Å². The zero-order valence-electron chi connectivity index (χ0n) is 58.8.